The molecule has 1 amide bonds. The summed E-state index contributed by atoms with van der Waals surface area (Å²) in [5, 5.41) is 11.5. The van der Waals surface area contributed by atoms with E-state index in [1.54, 1.807) is 12.3 Å². The number of carbonyl (C=O) groups excluding carboxylic acids is 1. The molecule has 2 aromatic heterocycles. The van der Waals surface area contributed by atoms with E-state index in [4.69, 9.17) is 0 Å². The predicted octanol–water partition coefficient (Wildman–Crippen LogP) is 1.25. The summed E-state index contributed by atoms with van der Waals surface area (Å²) in [6, 6.07) is 0. The summed E-state index contributed by atoms with van der Waals surface area (Å²) in [6.07, 6.45) is 3.88. The summed E-state index contributed by atoms with van der Waals surface area (Å²) >= 11 is 0. The van der Waals surface area contributed by atoms with Gasteiger partial charge >= 0.3 is 0 Å². The van der Waals surface area contributed by atoms with Gasteiger partial charge in [0.15, 0.2) is 0 Å². The number of fused-ring (bicyclic) bond motifs is 1. The molecule has 6 nitrogen and oxygen atoms in total. The molecule has 0 saturated heterocycles. The summed E-state index contributed by atoms with van der Waals surface area (Å²) in [4.78, 5) is 11.6. The molecular weight excluding hydrogens is 242 g/mol. The third-order valence-corrected chi connectivity index (χ3v) is 3.01. The van der Waals surface area contributed by atoms with E-state index < -0.39 is 0 Å². The first-order valence-corrected chi connectivity index (χ1v) is 6.43. The molecule has 0 saturated carbocycles. The molecule has 2 heterocycles. The van der Waals surface area contributed by atoms with E-state index in [-0.39, 0.29) is 5.91 Å². The topological polar surface area (TPSA) is 64.7 Å². The number of aromatic nitrogens is 4. The Morgan fingerprint density at radius 3 is 3.00 bits per heavy atom. The Balaban J connectivity index is 2.11. The van der Waals surface area contributed by atoms with Crippen molar-refractivity contribution in [3.63, 3.8) is 0 Å². The van der Waals surface area contributed by atoms with Crippen molar-refractivity contribution in [2.45, 2.75) is 33.4 Å². The van der Waals surface area contributed by atoms with Gasteiger partial charge in [0, 0.05) is 19.5 Å². The van der Waals surface area contributed by atoms with E-state index in [0.717, 1.165) is 23.3 Å². The second-order valence-electron chi connectivity index (χ2n) is 4.35. The average molecular weight is 261 g/mol. The van der Waals surface area contributed by atoms with Crippen molar-refractivity contribution >= 4 is 16.9 Å². The molecule has 6 heteroatoms. The van der Waals surface area contributed by atoms with E-state index in [2.05, 4.69) is 22.1 Å². The van der Waals surface area contributed by atoms with Crippen LogP contribution in [0.4, 0.5) is 0 Å². The van der Waals surface area contributed by atoms with Gasteiger partial charge < -0.3 is 5.32 Å². The first kappa shape index (κ1) is 13.3. The monoisotopic (exact) mass is 261 g/mol. The zero-order chi connectivity index (χ0) is 13.8. The number of amides is 1. The summed E-state index contributed by atoms with van der Waals surface area (Å²) in [5.41, 5.74) is 2.98. The molecule has 0 aliphatic carbocycles. The van der Waals surface area contributed by atoms with Crippen LogP contribution in [0, 0.1) is 6.92 Å². The Labute approximate surface area is 112 Å². The summed E-state index contributed by atoms with van der Waals surface area (Å²) < 4.78 is 3.77. The highest BCUT2D eigenvalue weighted by Gasteiger charge is 2.13. The lowest BCUT2D eigenvalue weighted by atomic mass is 10.3. The zero-order valence-corrected chi connectivity index (χ0v) is 11.4. The molecule has 0 bridgehead atoms. The molecule has 1 N–H and O–H groups in total. The summed E-state index contributed by atoms with van der Waals surface area (Å²) in [6.45, 7) is 9.45. The van der Waals surface area contributed by atoms with Crippen LogP contribution in [0.3, 0.4) is 0 Å². The number of rotatable bonds is 6. The Morgan fingerprint density at radius 1 is 1.53 bits per heavy atom. The highest BCUT2D eigenvalue weighted by molar-refractivity contribution is 5.78. The number of carbonyl (C=O) groups is 1. The standard InChI is InChI=1S/C13H19N5O/c1-4-7-14-12(19)6-8-18-13-10(3)16-17(5-2)11(13)9-15-18/h4,9H,1,5-8H2,2-3H3,(H,14,19). The largest absolute Gasteiger partial charge is 0.353 e. The third kappa shape index (κ3) is 2.67. The highest BCUT2D eigenvalue weighted by atomic mass is 16.1. The highest BCUT2D eigenvalue weighted by Crippen LogP contribution is 2.17. The van der Waals surface area contributed by atoms with Crippen LogP contribution in [0.5, 0.6) is 0 Å². The number of nitrogens with zero attached hydrogens (tertiary/aromatic N) is 4. The SMILES string of the molecule is C=CCNC(=O)CCn1ncc2c1c(C)nn2CC. The molecule has 0 fully saturated rings. The van der Waals surface area contributed by atoms with Crippen LogP contribution in [0.2, 0.25) is 0 Å². The van der Waals surface area contributed by atoms with Crippen molar-refractivity contribution in [3.8, 4) is 0 Å². The fourth-order valence-electron chi connectivity index (χ4n) is 2.11. The van der Waals surface area contributed by atoms with Crippen molar-refractivity contribution < 1.29 is 4.79 Å². The second-order valence-corrected chi connectivity index (χ2v) is 4.35. The fraction of sp³-hybridized carbons (Fsp3) is 0.462. The second kappa shape index (κ2) is 5.69. The van der Waals surface area contributed by atoms with E-state index in [9.17, 15) is 4.79 Å². The predicted molar refractivity (Wildman–Crippen MR) is 73.8 cm³/mol. The van der Waals surface area contributed by atoms with Gasteiger partial charge in [-0.15, -0.1) is 6.58 Å². The summed E-state index contributed by atoms with van der Waals surface area (Å²) in [5.74, 6) is 0.00378. The van der Waals surface area contributed by atoms with Crippen LogP contribution < -0.4 is 5.32 Å². The molecular formula is C13H19N5O. The van der Waals surface area contributed by atoms with E-state index in [0.29, 0.717) is 19.5 Å². The van der Waals surface area contributed by atoms with Crippen LogP contribution >= 0.6 is 0 Å². The third-order valence-electron chi connectivity index (χ3n) is 3.01. The number of hydrogen-bond acceptors (Lipinski definition) is 3. The minimum Gasteiger partial charge on any atom is -0.353 e. The van der Waals surface area contributed by atoms with Gasteiger partial charge in [0.25, 0.3) is 0 Å². The van der Waals surface area contributed by atoms with Gasteiger partial charge in [-0.1, -0.05) is 6.08 Å². The fourth-order valence-corrected chi connectivity index (χ4v) is 2.11. The molecule has 0 spiro atoms. The molecule has 0 aliphatic heterocycles. The number of aryl methyl sites for hydroxylation is 3. The van der Waals surface area contributed by atoms with Crippen molar-refractivity contribution in [1.29, 1.82) is 0 Å². The van der Waals surface area contributed by atoms with Crippen LogP contribution in [0.25, 0.3) is 11.0 Å². The molecule has 19 heavy (non-hydrogen) atoms. The maximum absolute atomic E-state index is 11.6. The lowest BCUT2D eigenvalue weighted by Crippen LogP contribution is -2.24. The van der Waals surface area contributed by atoms with Crippen LogP contribution in [0.15, 0.2) is 18.9 Å². The Bertz CT molecular complexity index is 595. The number of hydrogen-bond donors (Lipinski definition) is 1. The first-order chi connectivity index (χ1) is 9.17. The Morgan fingerprint density at radius 2 is 2.32 bits per heavy atom. The molecule has 0 atom stereocenters. The van der Waals surface area contributed by atoms with Gasteiger partial charge in [0.05, 0.1) is 18.4 Å². The maximum atomic E-state index is 11.6. The minimum atomic E-state index is 0.00378. The van der Waals surface area contributed by atoms with Gasteiger partial charge in [-0.3, -0.25) is 14.2 Å². The maximum Gasteiger partial charge on any atom is 0.222 e. The molecule has 102 valence electrons. The normalized spacial score (nSPS) is 10.8. The smallest absolute Gasteiger partial charge is 0.222 e. The Kier molecular flexibility index (Phi) is 3.99. The minimum absolute atomic E-state index is 0.00378. The Hall–Kier alpha value is -2.11. The molecule has 0 aliphatic rings. The van der Waals surface area contributed by atoms with Crippen molar-refractivity contribution in [1.82, 2.24) is 24.9 Å². The molecule has 2 rings (SSSR count). The quantitative estimate of drug-likeness (QED) is 0.796. The first-order valence-electron chi connectivity index (χ1n) is 6.43. The van der Waals surface area contributed by atoms with Crippen LogP contribution in [-0.2, 0) is 17.9 Å². The van der Waals surface area contributed by atoms with Crippen molar-refractivity contribution in [2.24, 2.45) is 0 Å². The lowest BCUT2D eigenvalue weighted by molar-refractivity contribution is -0.121. The molecule has 0 radical (unpaired) electrons. The van der Waals surface area contributed by atoms with E-state index in [1.807, 2.05) is 23.2 Å². The van der Waals surface area contributed by atoms with Gasteiger partial charge in [0.2, 0.25) is 5.91 Å². The summed E-state index contributed by atoms with van der Waals surface area (Å²) in [7, 11) is 0. The van der Waals surface area contributed by atoms with Gasteiger partial charge in [-0.2, -0.15) is 10.2 Å². The van der Waals surface area contributed by atoms with Crippen LogP contribution in [-0.4, -0.2) is 32.0 Å². The average Bonchev–Trinajstić information content (AvgIpc) is 2.95. The van der Waals surface area contributed by atoms with Crippen molar-refractivity contribution in [3.05, 3.63) is 24.5 Å². The van der Waals surface area contributed by atoms with Crippen LogP contribution in [0.1, 0.15) is 19.0 Å². The lowest BCUT2D eigenvalue weighted by Gasteiger charge is -2.03. The zero-order valence-electron chi connectivity index (χ0n) is 11.4. The molecule has 0 aromatic carbocycles. The molecule has 2 aromatic rings. The van der Waals surface area contributed by atoms with Crippen molar-refractivity contribution in [2.75, 3.05) is 6.54 Å². The van der Waals surface area contributed by atoms with E-state index >= 15 is 0 Å². The number of nitrogens with one attached hydrogen (secondary N) is 1. The van der Waals surface area contributed by atoms with Gasteiger partial charge in [-0.05, 0) is 13.8 Å². The van der Waals surface area contributed by atoms with E-state index in [1.165, 1.54) is 0 Å². The van der Waals surface area contributed by atoms with Gasteiger partial charge in [-0.25, -0.2) is 0 Å². The van der Waals surface area contributed by atoms with Gasteiger partial charge in [0.1, 0.15) is 11.0 Å². The molecule has 0 unspecified atom stereocenters.